The third-order valence-corrected chi connectivity index (χ3v) is 1.30. The van der Waals surface area contributed by atoms with Gasteiger partial charge in [0.2, 0.25) is 5.79 Å². The molecule has 1 aliphatic heterocycles. The minimum absolute atomic E-state index is 0.0514. The molecule has 0 bridgehead atoms. The first-order valence-electron chi connectivity index (χ1n) is 3.62. The van der Waals surface area contributed by atoms with Crippen molar-refractivity contribution in [2.45, 2.75) is 32.7 Å². The van der Waals surface area contributed by atoms with Crippen LogP contribution < -0.4 is 0 Å². The van der Waals surface area contributed by atoms with Gasteiger partial charge in [0.1, 0.15) is 0 Å². The van der Waals surface area contributed by atoms with E-state index in [1.54, 1.807) is 13.0 Å². The van der Waals surface area contributed by atoms with Gasteiger partial charge in [-0.05, 0) is 19.9 Å². The second-order valence-corrected chi connectivity index (χ2v) is 2.94. The van der Waals surface area contributed by atoms with Crippen LogP contribution in [0.25, 0.3) is 0 Å². The van der Waals surface area contributed by atoms with Crippen molar-refractivity contribution in [2.75, 3.05) is 0 Å². The molecule has 1 atom stereocenters. The standard InChI is InChI=1S/C8H12O3/c1-6(2)10-8(3)5-4-7(9)11-8/h4-6H,1-3H3. The molecule has 0 aromatic rings. The fourth-order valence-electron chi connectivity index (χ4n) is 1.02. The molecule has 0 fully saturated rings. The lowest BCUT2D eigenvalue weighted by Crippen LogP contribution is -2.30. The van der Waals surface area contributed by atoms with Gasteiger partial charge in [0.25, 0.3) is 0 Å². The van der Waals surface area contributed by atoms with Crippen LogP contribution in [0, 0.1) is 0 Å². The Morgan fingerprint density at radius 1 is 1.64 bits per heavy atom. The summed E-state index contributed by atoms with van der Waals surface area (Å²) in [6.45, 7) is 5.50. The Morgan fingerprint density at radius 2 is 2.27 bits per heavy atom. The summed E-state index contributed by atoms with van der Waals surface area (Å²) in [6, 6.07) is 0. The highest BCUT2D eigenvalue weighted by Crippen LogP contribution is 2.21. The van der Waals surface area contributed by atoms with Crippen LogP contribution in [0.1, 0.15) is 20.8 Å². The second-order valence-electron chi connectivity index (χ2n) is 2.94. The number of ether oxygens (including phenoxy) is 2. The molecule has 3 nitrogen and oxygen atoms in total. The smallest absolute Gasteiger partial charge is 0.333 e. The van der Waals surface area contributed by atoms with Crippen LogP contribution in [-0.4, -0.2) is 17.9 Å². The van der Waals surface area contributed by atoms with Crippen LogP contribution in [0.3, 0.4) is 0 Å². The number of carbonyl (C=O) groups excluding carboxylic acids is 1. The normalized spacial score (nSPS) is 29.6. The molecule has 1 heterocycles. The summed E-state index contributed by atoms with van der Waals surface area (Å²) in [5.74, 6) is -1.18. The van der Waals surface area contributed by atoms with Gasteiger partial charge in [0.15, 0.2) is 0 Å². The Labute approximate surface area is 66.0 Å². The van der Waals surface area contributed by atoms with Crippen molar-refractivity contribution < 1.29 is 14.3 Å². The molecule has 0 aliphatic carbocycles. The van der Waals surface area contributed by atoms with Gasteiger partial charge in [-0.25, -0.2) is 4.79 Å². The SMILES string of the molecule is CC(C)OC1(C)C=CC(=O)O1. The van der Waals surface area contributed by atoms with Gasteiger partial charge >= 0.3 is 5.97 Å². The van der Waals surface area contributed by atoms with Gasteiger partial charge in [-0.1, -0.05) is 0 Å². The van der Waals surface area contributed by atoms with Crippen molar-refractivity contribution in [3.05, 3.63) is 12.2 Å². The first kappa shape index (κ1) is 8.27. The zero-order valence-corrected chi connectivity index (χ0v) is 6.96. The van der Waals surface area contributed by atoms with Crippen molar-refractivity contribution in [1.82, 2.24) is 0 Å². The Kier molecular flexibility index (Phi) is 2.00. The summed E-state index contributed by atoms with van der Waals surface area (Å²) >= 11 is 0. The van der Waals surface area contributed by atoms with E-state index in [1.807, 2.05) is 13.8 Å². The van der Waals surface area contributed by atoms with E-state index in [9.17, 15) is 4.79 Å². The Balaban J connectivity index is 2.56. The first-order chi connectivity index (χ1) is 5.02. The van der Waals surface area contributed by atoms with E-state index in [2.05, 4.69) is 0 Å². The highest BCUT2D eigenvalue weighted by Gasteiger charge is 2.31. The molecule has 1 rings (SSSR count). The Hall–Kier alpha value is -0.830. The summed E-state index contributed by atoms with van der Waals surface area (Å²) in [5.41, 5.74) is 0. The predicted molar refractivity (Wildman–Crippen MR) is 39.9 cm³/mol. The number of cyclic esters (lactones) is 1. The van der Waals surface area contributed by atoms with Gasteiger partial charge in [-0.3, -0.25) is 0 Å². The molecule has 0 aromatic carbocycles. The third-order valence-electron chi connectivity index (χ3n) is 1.30. The van der Waals surface area contributed by atoms with Crippen molar-refractivity contribution in [3.8, 4) is 0 Å². The quantitative estimate of drug-likeness (QED) is 0.564. The molecule has 62 valence electrons. The average molecular weight is 156 g/mol. The summed E-state index contributed by atoms with van der Waals surface area (Å²) in [4.78, 5) is 10.7. The van der Waals surface area contributed by atoms with Gasteiger partial charge in [0.05, 0.1) is 6.10 Å². The minimum atomic E-state index is -0.842. The fourth-order valence-corrected chi connectivity index (χ4v) is 1.02. The molecular weight excluding hydrogens is 144 g/mol. The molecule has 0 N–H and O–H groups in total. The second kappa shape index (κ2) is 2.66. The topological polar surface area (TPSA) is 35.5 Å². The molecule has 11 heavy (non-hydrogen) atoms. The predicted octanol–water partition coefficient (Wildman–Crippen LogP) is 1.24. The number of hydrogen-bond donors (Lipinski definition) is 0. The van der Waals surface area contributed by atoms with Crippen molar-refractivity contribution in [1.29, 1.82) is 0 Å². The maximum Gasteiger partial charge on any atom is 0.333 e. The molecule has 0 radical (unpaired) electrons. The van der Waals surface area contributed by atoms with E-state index in [4.69, 9.17) is 9.47 Å². The van der Waals surface area contributed by atoms with Crippen LogP contribution in [0.15, 0.2) is 12.2 Å². The Bertz CT molecular complexity index is 196. The molecule has 0 amide bonds. The van der Waals surface area contributed by atoms with Crippen molar-refractivity contribution >= 4 is 5.97 Å². The minimum Gasteiger partial charge on any atom is -0.426 e. The highest BCUT2D eigenvalue weighted by molar-refractivity contribution is 5.84. The van der Waals surface area contributed by atoms with E-state index in [1.165, 1.54) is 6.08 Å². The third kappa shape index (κ3) is 2.05. The summed E-state index contributed by atoms with van der Waals surface area (Å²) in [7, 11) is 0. The molecule has 3 heteroatoms. The number of carbonyl (C=O) groups is 1. The lowest BCUT2D eigenvalue weighted by Gasteiger charge is -2.23. The van der Waals surface area contributed by atoms with E-state index in [0.717, 1.165) is 0 Å². The summed E-state index contributed by atoms with van der Waals surface area (Å²) in [6.07, 6.45) is 3.05. The molecule has 0 aromatic heterocycles. The lowest BCUT2D eigenvalue weighted by atomic mass is 10.3. The van der Waals surface area contributed by atoms with E-state index >= 15 is 0 Å². The monoisotopic (exact) mass is 156 g/mol. The van der Waals surface area contributed by atoms with E-state index in [-0.39, 0.29) is 12.1 Å². The largest absolute Gasteiger partial charge is 0.426 e. The van der Waals surface area contributed by atoms with Crippen LogP contribution in [-0.2, 0) is 14.3 Å². The van der Waals surface area contributed by atoms with Crippen LogP contribution >= 0.6 is 0 Å². The van der Waals surface area contributed by atoms with Gasteiger partial charge in [-0.2, -0.15) is 0 Å². The van der Waals surface area contributed by atoms with Crippen LogP contribution in [0.4, 0.5) is 0 Å². The maximum absolute atomic E-state index is 10.7. The van der Waals surface area contributed by atoms with E-state index < -0.39 is 5.79 Å². The number of rotatable bonds is 2. The zero-order chi connectivity index (χ0) is 8.48. The first-order valence-corrected chi connectivity index (χ1v) is 3.62. The molecule has 0 saturated heterocycles. The van der Waals surface area contributed by atoms with Gasteiger partial charge < -0.3 is 9.47 Å². The van der Waals surface area contributed by atoms with Crippen LogP contribution in [0.5, 0.6) is 0 Å². The molecule has 1 unspecified atom stereocenters. The van der Waals surface area contributed by atoms with Crippen molar-refractivity contribution in [2.24, 2.45) is 0 Å². The van der Waals surface area contributed by atoms with Gasteiger partial charge in [-0.15, -0.1) is 0 Å². The van der Waals surface area contributed by atoms with E-state index in [0.29, 0.717) is 0 Å². The summed E-state index contributed by atoms with van der Waals surface area (Å²) < 4.78 is 10.2. The zero-order valence-electron chi connectivity index (χ0n) is 6.96. The van der Waals surface area contributed by atoms with Crippen molar-refractivity contribution in [3.63, 3.8) is 0 Å². The van der Waals surface area contributed by atoms with Gasteiger partial charge in [0, 0.05) is 13.0 Å². The highest BCUT2D eigenvalue weighted by atomic mass is 16.7. The fraction of sp³-hybridized carbons (Fsp3) is 0.625. The Morgan fingerprint density at radius 3 is 2.64 bits per heavy atom. The lowest BCUT2D eigenvalue weighted by molar-refractivity contribution is -0.202. The average Bonchev–Trinajstić information content (AvgIpc) is 2.08. The molecule has 0 spiro atoms. The summed E-state index contributed by atoms with van der Waals surface area (Å²) in [5, 5.41) is 0. The molecule has 0 saturated carbocycles. The number of hydrogen-bond acceptors (Lipinski definition) is 3. The molecular formula is C8H12O3. The molecule has 1 aliphatic rings. The number of esters is 1. The maximum atomic E-state index is 10.7. The van der Waals surface area contributed by atoms with Crippen LogP contribution in [0.2, 0.25) is 0 Å².